The molecule has 16 heavy (non-hydrogen) atoms. The number of hydrogen-bond acceptors (Lipinski definition) is 2. The summed E-state index contributed by atoms with van der Waals surface area (Å²) in [4.78, 5) is 0. The summed E-state index contributed by atoms with van der Waals surface area (Å²) in [7, 11) is 0. The number of halogens is 2. The smallest absolute Gasteiger partial charge is 0.156 e. The molecule has 4 heteroatoms. The van der Waals surface area contributed by atoms with Gasteiger partial charge in [-0.15, -0.1) is 0 Å². The van der Waals surface area contributed by atoms with Crippen LogP contribution in [-0.4, -0.2) is 19.2 Å². The van der Waals surface area contributed by atoms with Gasteiger partial charge >= 0.3 is 0 Å². The molecule has 0 fully saturated rings. The molecule has 0 aliphatic heterocycles. The van der Waals surface area contributed by atoms with Crippen LogP contribution in [0.4, 0.5) is 0 Å². The summed E-state index contributed by atoms with van der Waals surface area (Å²) in [6, 6.07) is 5.85. The van der Waals surface area contributed by atoms with E-state index < -0.39 is 0 Å². The van der Waals surface area contributed by atoms with Crippen LogP contribution in [0.2, 0.25) is 10.0 Å². The van der Waals surface area contributed by atoms with Crippen molar-refractivity contribution in [3.05, 3.63) is 28.2 Å². The summed E-state index contributed by atoms with van der Waals surface area (Å²) in [6.45, 7) is 5.78. The Hall–Kier alpha value is -0.440. The second-order valence-electron chi connectivity index (χ2n) is 3.86. The van der Waals surface area contributed by atoms with Crippen LogP contribution in [0.5, 0.6) is 5.75 Å². The Balaban J connectivity index is 2.32. The van der Waals surface area contributed by atoms with E-state index in [9.17, 15) is 0 Å². The highest BCUT2D eigenvalue weighted by molar-refractivity contribution is 6.37. The second-order valence-corrected chi connectivity index (χ2v) is 4.68. The first-order chi connectivity index (χ1) is 7.61. The van der Waals surface area contributed by atoms with Crippen molar-refractivity contribution < 1.29 is 4.74 Å². The molecule has 90 valence electrons. The molecule has 0 spiro atoms. The van der Waals surface area contributed by atoms with E-state index >= 15 is 0 Å². The number of nitrogens with one attached hydrogen (secondary N) is 1. The van der Waals surface area contributed by atoms with Gasteiger partial charge in [-0.25, -0.2) is 0 Å². The minimum absolute atomic E-state index is 0.504. The normalized spacial score (nSPS) is 10.8. The van der Waals surface area contributed by atoms with Gasteiger partial charge < -0.3 is 10.1 Å². The molecular weight excluding hydrogens is 245 g/mol. The standard InChI is InChI=1S/C12H17Cl2NO/c1-9(2)15-7-4-8-16-12-10(13)5-3-6-11(12)14/h3,5-6,9,15H,4,7-8H2,1-2H3. The number of hydrogen-bond donors (Lipinski definition) is 1. The molecule has 0 radical (unpaired) electrons. The molecule has 0 saturated carbocycles. The summed E-state index contributed by atoms with van der Waals surface area (Å²) >= 11 is 11.9. The van der Waals surface area contributed by atoms with Gasteiger partial charge in [0.25, 0.3) is 0 Å². The van der Waals surface area contributed by atoms with E-state index in [1.54, 1.807) is 18.2 Å². The van der Waals surface area contributed by atoms with Gasteiger partial charge in [0.2, 0.25) is 0 Å². The quantitative estimate of drug-likeness (QED) is 0.788. The molecule has 1 aromatic carbocycles. The van der Waals surface area contributed by atoms with E-state index in [-0.39, 0.29) is 0 Å². The Bertz CT molecular complexity index is 309. The fourth-order valence-electron chi connectivity index (χ4n) is 1.26. The highest BCUT2D eigenvalue weighted by atomic mass is 35.5. The lowest BCUT2D eigenvalue weighted by atomic mass is 10.3. The molecule has 0 bridgehead atoms. The molecule has 0 saturated heterocycles. The van der Waals surface area contributed by atoms with Gasteiger partial charge in [0, 0.05) is 6.04 Å². The van der Waals surface area contributed by atoms with Crippen molar-refractivity contribution in [3.8, 4) is 5.75 Å². The Morgan fingerprint density at radius 3 is 2.44 bits per heavy atom. The first-order valence-corrected chi connectivity index (χ1v) is 6.17. The van der Waals surface area contributed by atoms with Crippen molar-refractivity contribution in [2.75, 3.05) is 13.2 Å². The molecule has 0 heterocycles. The molecular formula is C12H17Cl2NO. The highest BCUT2D eigenvalue weighted by Crippen LogP contribution is 2.32. The van der Waals surface area contributed by atoms with Crippen molar-refractivity contribution in [2.24, 2.45) is 0 Å². The number of rotatable bonds is 6. The topological polar surface area (TPSA) is 21.3 Å². The number of benzene rings is 1. The minimum Gasteiger partial charge on any atom is -0.490 e. The molecule has 2 nitrogen and oxygen atoms in total. The second kappa shape index (κ2) is 7.00. The maximum atomic E-state index is 5.97. The summed E-state index contributed by atoms with van der Waals surface area (Å²) in [6.07, 6.45) is 0.930. The SMILES string of the molecule is CC(C)NCCCOc1c(Cl)cccc1Cl. The average Bonchev–Trinajstić information content (AvgIpc) is 2.21. The van der Waals surface area contributed by atoms with Crippen molar-refractivity contribution in [2.45, 2.75) is 26.3 Å². The van der Waals surface area contributed by atoms with Gasteiger partial charge in [-0.3, -0.25) is 0 Å². The maximum Gasteiger partial charge on any atom is 0.156 e. The Morgan fingerprint density at radius 1 is 1.25 bits per heavy atom. The van der Waals surface area contributed by atoms with E-state index in [1.165, 1.54) is 0 Å². The van der Waals surface area contributed by atoms with Gasteiger partial charge in [-0.1, -0.05) is 43.1 Å². The lowest BCUT2D eigenvalue weighted by molar-refractivity contribution is 0.306. The van der Waals surface area contributed by atoms with Crippen LogP contribution >= 0.6 is 23.2 Å². The average molecular weight is 262 g/mol. The largest absolute Gasteiger partial charge is 0.490 e. The Labute approximate surface area is 107 Å². The van der Waals surface area contributed by atoms with Crippen LogP contribution < -0.4 is 10.1 Å². The lowest BCUT2D eigenvalue weighted by Crippen LogP contribution is -2.24. The third-order valence-electron chi connectivity index (χ3n) is 2.04. The van der Waals surface area contributed by atoms with E-state index in [1.807, 2.05) is 0 Å². The number of ether oxygens (including phenoxy) is 1. The zero-order chi connectivity index (χ0) is 12.0. The van der Waals surface area contributed by atoms with Crippen LogP contribution in [0.1, 0.15) is 20.3 Å². The number of para-hydroxylation sites is 1. The predicted molar refractivity (Wildman–Crippen MR) is 69.7 cm³/mol. The molecule has 1 rings (SSSR count). The van der Waals surface area contributed by atoms with Gasteiger partial charge in [0.1, 0.15) is 0 Å². The van der Waals surface area contributed by atoms with E-state index in [4.69, 9.17) is 27.9 Å². The van der Waals surface area contributed by atoms with Gasteiger partial charge in [0.05, 0.1) is 16.7 Å². The van der Waals surface area contributed by atoms with Crippen LogP contribution in [0, 0.1) is 0 Å². The van der Waals surface area contributed by atoms with Crippen molar-refractivity contribution in [1.29, 1.82) is 0 Å². The van der Waals surface area contributed by atoms with Crippen LogP contribution in [-0.2, 0) is 0 Å². The molecule has 0 aliphatic carbocycles. The van der Waals surface area contributed by atoms with Crippen LogP contribution in [0.3, 0.4) is 0 Å². The lowest BCUT2D eigenvalue weighted by Gasteiger charge is -2.11. The highest BCUT2D eigenvalue weighted by Gasteiger charge is 2.05. The Morgan fingerprint density at radius 2 is 1.88 bits per heavy atom. The first-order valence-electron chi connectivity index (χ1n) is 5.41. The van der Waals surface area contributed by atoms with Gasteiger partial charge in [0.15, 0.2) is 5.75 Å². The zero-order valence-corrected chi connectivity index (χ0v) is 11.1. The third-order valence-corrected chi connectivity index (χ3v) is 2.63. The van der Waals surface area contributed by atoms with E-state index in [0.717, 1.165) is 13.0 Å². The summed E-state index contributed by atoms with van der Waals surface area (Å²) in [5.41, 5.74) is 0. The monoisotopic (exact) mass is 261 g/mol. The van der Waals surface area contributed by atoms with E-state index in [0.29, 0.717) is 28.4 Å². The fourth-order valence-corrected chi connectivity index (χ4v) is 1.76. The van der Waals surface area contributed by atoms with Gasteiger partial charge in [-0.05, 0) is 25.1 Å². The fraction of sp³-hybridized carbons (Fsp3) is 0.500. The summed E-state index contributed by atoms with van der Waals surface area (Å²) in [5.74, 6) is 0.579. The first kappa shape index (κ1) is 13.6. The molecule has 0 atom stereocenters. The maximum absolute atomic E-state index is 5.97. The van der Waals surface area contributed by atoms with Crippen LogP contribution in [0.15, 0.2) is 18.2 Å². The Kier molecular flexibility index (Phi) is 5.96. The third kappa shape index (κ3) is 4.60. The molecule has 0 aromatic heterocycles. The van der Waals surface area contributed by atoms with Crippen molar-refractivity contribution >= 4 is 23.2 Å². The van der Waals surface area contributed by atoms with E-state index in [2.05, 4.69) is 19.2 Å². The molecule has 0 aliphatic rings. The molecule has 1 N–H and O–H groups in total. The molecule has 1 aromatic rings. The predicted octanol–water partition coefficient (Wildman–Crippen LogP) is 3.76. The van der Waals surface area contributed by atoms with Crippen molar-refractivity contribution in [3.63, 3.8) is 0 Å². The van der Waals surface area contributed by atoms with Crippen LogP contribution in [0.25, 0.3) is 0 Å². The summed E-state index contributed by atoms with van der Waals surface area (Å²) in [5, 5.41) is 4.43. The van der Waals surface area contributed by atoms with Crippen molar-refractivity contribution in [1.82, 2.24) is 5.32 Å². The van der Waals surface area contributed by atoms with Gasteiger partial charge in [-0.2, -0.15) is 0 Å². The summed E-state index contributed by atoms with van der Waals surface area (Å²) < 4.78 is 5.55. The molecule has 0 unspecified atom stereocenters. The minimum atomic E-state index is 0.504. The zero-order valence-electron chi connectivity index (χ0n) is 9.59. The molecule has 0 amide bonds.